The summed E-state index contributed by atoms with van der Waals surface area (Å²) >= 11 is 3.38. The predicted molar refractivity (Wildman–Crippen MR) is 97.1 cm³/mol. The van der Waals surface area contributed by atoms with Crippen LogP contribution in [0.5, 0.6) is 0 Å². The summed E-state index contributed by atoms with van der Waals surface area (Å²) in [5.41, 5.74) is 0.123. The molecular formula is C17H25BrN2O4. The van der Waals surface area contributed by atoms with E-state index in [2.05, 4.69) is 26.6 Å². The number of benzene rings is 1. The van der Waals surface area contributed by atoms with Crippen LogP contribution in [0.1, 0.15) is 47.1 Å². The molecule has 24 heavy (non-hydrogen) atoms. The molecule has 0 spiro atoms. The molecule has 0 fully saturated rings. The Kier molecular flexibility index (Phi) is 6.66. The maximum Gasteiger partial charge on any atom is 0.412 e. The van der Waals surface area contributed by atoms with Gasteiger partial charge in [-0.1, -0.05) is 15.9 Å². The van der Waals surface area contributed by atoms with Crippen molar-refractivity contribution >= 4 is 33.8 Å². The number of ether oxygens (including phenoxy) is 2. The van der Waals surface area contributed by atoms with Crippen molar-refractivity contribution in [3.8, 4) is 0 Å². The Morgan fingerprint density at radius 3 is 2.08 bits per heavy atom. The van der Waals surface area contributed by atoms with Gasteiger partial charge in [-0.2, -0.15) is 0 Å². The quantitative estimate of drug-likeness (QED) is 0.761. The molecule has 0 heterocycles. The minimum atomic E-state index is -0.589. The molecule has 6 nitrogen and oxygen atoms in total. The maximum atomic E-state index is 11.9. The van der Waals surface area contributed by atoms with Crippen LogP contribution >= 0.6 is 15.9 Å². The number of rotatable bonds is 3. The van der Waals surface area contributed by atoms with Gasteiger partial charge in [-0.15, -0.1) is 0 Å². The van der Waals surface area contributed by atoms with Crippen molar-refractivity contribution in [2.45, 2.75) is 59.3 Å². The molecule has 1 aromatic rings. The van der Waals surface area contributed by atoms with E-state index in [0.29, 0.717) is 5.69 Å². The van der Waals surface area contributed by atoms with Crippen LogP contribution in [0, 0.1) is 0 Å². The van der Waals surface area contributed by atoms with Crippen LogP contribution in [0.25, 0.3) is 0 Å². The molecule has 134 valence electrons. The minimum absolute atomic E-state index is 0.208. The van der Waals surface area contributed by atoms with Gasteiger partial charge in [0.1, 0.15) is 11.2 Å². The van der Waals surface area contributed by atoms with Crippen molar-refractivity contribution < 1.29 is 19.1 Å². The summed E-state index contributed by atoms with van der Waals surface area (Å²) in [6, 6.07) is 5.34. The van der Waals surface area contributed by atoms with Gasteiger partial charge < -0.3 is 14.8 Å². The second-order valence-electron chi connectivity index (χ2n) is 7.28. The van der Waals surface area contributed by atoms with Gasteiger partial charge in [0.25, 0.3) is 0 Å². The van der Waals surface area contributed by atoms with E-state index in [0.717, 1.165) is 10.0 Å². The fraction of sp³-hybridized carbons (Fsp3) is 0.529. The van der Waals surface area contributed by atoms with E-state index in [1.54, 1.807) is 53.7 Å². The van der Waals surface area contributed by atoms with E-state index in [9.17, 15) is 9.59 Å². The highest BCUT2D eigenvalue weighted by Crippen LogP contribution is 2.22. The summed E-state index contributed by atoms with van der Waals surface area (Å²) in [5, 5.41) is 5.36. The molecule has 0 aromatic heterocycles. The van der Waals surface area contributed by atoms with Gasteiger partial charge in [0.05, 0.1) is 0 Å². The Balaban J connectivity index is 2.78. The van der Waals surface area contributed by atoms with E-state index in [4.69, 9.17) is 9.47 Å². The summed E-state index contributed by atoms with van der Waals surface area (Å²) < 4.78 is 11.3. The molecule has 7 heteroatoms. The third-order valence-corrected chi connectivity index (χ3v) is 3.02. The monoisotopic (exact) mass is 400 g/mol. The molecule has 0 bridgehead atoms. The Bertz CT molecular complexity index is 604. The summed E-state index contributed by atoms with van der Waals surface area (Å²) in [4.78, 5) is 23.7. The lowest BCUT2D eigenvalue weighted by atomic mass is 10.1. The first-order valence-corrected chi connectivity index (χ1v) is 8.40. The molecule has 0 aliphatic heterocycles. The second kappa shape index (κ2) is 7.88. The van der Waals surface area contributed by atoms with Crippen molar-refractivity contribution in [1.29, 1.82) is 0 Å². The largest absolute Gasteiger partial charge is 0.444 e. The lowest BCUT2D eigenvalue weighted by Gasteiger charge is -2.21. The van der Waals surface area contributed by atoms with Crippen LogP contribution in [0.3, 0.4) is 0 Å². The van der Waals surface area contributed by atoms with Crippen LogP contribution in [-0.4, -0.2) is 23.4 Å². The van der Waals surface area contributed by atoms with E-state index in [1.165, 1.54) is 0 Å². The highest BCUT2D eigenvalue weighted by molar-refractivity contribution is 9.10. The molecule has 0 unspecified atom stereocenters. The number of nitrogens with one attached hydrogen (secondary N) is 2. The molecule has 0 atom stereocenters. The SMILES string of the molecule is CC(C)(C)OC(=O)NCc1cc(Br)ccc1NC(=O)OC(C)(C)C. The lowest BCUT2D eigenvalue weighted by Crippen LogP contribution is -2.32. The van der Waals surface area contributed by atoms with Crippen molar-refractivity contribution in [3.63, 3.8) is 0 Å². The van der Waals surface area contributed by atoms with E-state index < -0.39 is 23.4 Å². The maximum absolute atomic E-state index is 11.9. The van der Waals surface area contributed by atoms with E-state index >= 15 is 0 Å². The van der Waals surface area contributed by atoms with Crippen LogP contribution in [0.2, 0.25) is 0 Å². The molecule has 0 aliphatic rings. The molecular weight excluding hydrogens is 376 g/mol. The number of hydrogen-bond acceptors (Lipinski definition) is 4. The van der Waals surface area contributed by atoms with Gasteiger partial charge >= 0.3 is 12.2 Å². The predicted octanol–water partition coefficient (Wildman–Crippen LogP) is 4.82. The molecule has 2 amide bonds. The number of anilines is 1. The van der Waals surface area contributed by atoms with Crippen LogP contribution < -0.4 is 10.6 Å². The zero-order valence-corrected chi connectivity index (χ0v) is 16.5. The summed E-state index contributed by atoms with van der Waals surface area (Å²) in [6.07, 6.45) is -1.07. The number of hydrogen-bond donors (Lipinski definition) is 2. The topological polar surface area (TPSA) is 76.7 Å². The minimum Gasteiger partial charge on any atom is -0.444 e. The average molecular weight is 401 g/mol. The number of carbonyl (C=O) groups excluding carboxylic acids is 2. The van der Waals surface area contributed by atoms with Crippen molar-refractivity contribution in [3.05, 3.63) is 28.2 Å². The third-order valence-electron chi connectivity index (χ3n) is 2.52. The van der Waals surface area contributed by atoms with Gasteiger partial charge in [0.2, 0.25) is 0 Å². The Morgan fingerprint density at radius 1 is 1.00 bits per heavy atom. The van der Waals surface area contributed by atoms with Gasteiger partial charge in [0.15, 0.2) is 0 Å². The molecule has 1 aromatic carbocycles. The van der Waals surface area contributed by atoms with E-state index in [-0.39, 0.29) is 6.54 Å². The highest BCUT2D eigenvalue weighted by atomic mass is 79.9. The van der Waals surface area contributed by atoms with Crippen LogP contribution in [0.4, 0.5) is 15.3 Å². The van der Waals surface area contributed by atoms with Gasteiger partial charge in [-0.3, -0.25) is 5.32 Å². The molecule has 0 radical (unpaired) electrons. The Hall–Kier alpha value is -1.76. The first kappa shape index (κ1) is 20.3. The molecule has 0 saturated carbocycles. The Labute approximate surface area is 151 Å². The fourth-order valence-corrected chi connectivity index (χ4v) is 2.13. The standard InChI is InChI=1S/C17H25BrN2O4/c1-16(2,3)23-14(21)19-10-11-9-12(18)7-8-13(11)20-15(22)24-17(4,5)6/h7-9H,10H2,1-6H3,(H,19,21)(H,20,22). The van der Waals surface area contributed by atoms with Gasteiger partial charge in [-0.05, 0) is 65.3 Å². The second-order valence-corrected chi connectivity index (χ2v) is 8.20. The summed E-state index contributed by atoms with van der Waals surface area (Å²) in [5.74, 6) is 0. The van der Waals surface area contributed by atoms with Crippen molar-refractivity contribution in [2.24, 2.45) is 0 Å². The summed E-state index contributed by atoms with van der Waals surface area (Å²) in [6.45, 7) is 11.0. The van der Waals surface area contributed by atoms with Gasteiger partial charge in [0, 0.05) is 16.7 Å². The average Bonchev–Trinajstić information content (AvgIpc) is 2.34. The van der Waals surface area contributed by atoms with E-state index in [1.807, 2.05) is 6.07 Å². The highest BCUT2D eigenvalue weighted by Gasteiger charge is 2.19. The first-order valence-electron chi connectivity index (χ1n) is 7.61. The fourth-order valence-electron chi connectivity index (χ4n) is 1.73. The van der Waals surface area contributed by atoms with Gasteiger partial charge in [-0.25, -0.2) is 9.59 Å². The summed E-state index contributed by atoms with van der Waals surface area (Å²) in [7, 11) is 0. The normalized spacial score (nSPS) is 11.6. The lowest BCUT2D eigenvalue weighted by molar-refractivity contribution is 0.0523. The van der Waals surface area contributed by atoms with Crippen LogP contribution in [-0.2, 0) is 16.0 Å². The number of alkyl carbamates (subject to hydrolysis) is 1. The number of halogens is 1. The van der Waals surface area contributed by atoms with Crippen molar-refractivity contribution in [2.75, 3.05) is 5.32 Å². The molecule has 0 aliphatic carbocycles. The number of carbonyl (C=O) groups is 2. The number of amides is 2. The van der Waals surface area contributed by atoms with Crippen LogP contribution in [0.15, 0.2) is 22.7 Å². The first-order chi connectivity index (χ1) is 10.9. The zero-order valence-electron chi connectivity index (χ0n) is 15.0. The van der Waals surface area contributed by atoms with Crippen molar-refractivity contribution in [1.82, 2.24) is 5.32 Å². The smallest absolute Gasteiger partial charge is 0.412 e. The molecule has 1 rings (SSSR count). The zero-order chi connectivity index (χ0) is 18.5. The third kappa shape index (κ3) is 8.19. The Morgan fingerprint density at radius 2 is 1.54 bits per heavy atom. The molecule has 2 N–H and O–H groups in total. The molecule has 0 saturated heterocycles.